The van der Waals surface area contributed by atoms with Crippen molar-refractivity contribution in [1.82, 2.24) is 19.9 Å². The van der Waals surface area contributed by atoms with Crippen LogP contribution in [0, 0.1) is 0 Å². The highest BCUT2D eigenvalue weighted by Crippen LogP contribution is 2.20. The first kappa shape index (κ1) is 18.5. The van der Waals surface area contributed by atoms with Crippen molar-refractivity contribution < 1.29 is 4.79 Å². The van der Waals surface area contributed by atoms with Crippen molar-refractivity contribution in [1.29, 1.82) is 0 Å². The summed E-state index contributed by atoms with van der Waals surface area (Å²) in [6, 6.07) is 13.9. The molecule has 0 saturated carbocycles. The number of aromatic nitrogens is 3. The third kappa shape index (κ3) is 4.67. The summed E-state index contributed by atoms with van der Waals surface area (Å²) in [4.78, 5) is 29.1. The number of pyridine rings is 1. The Labute approximate surface area is 159 Å². The van der Waals surface area contributed by atoms with Gasteiger partial charge in [0.05, 0.1) is 5.56 Å². The van der Waals surface area contributed by atoms with E-state index in [4.69, 9.17) is 0 Å². The molecule has 0 atom stereocenters. The zero-order valence-corrected chi connectivity index (χ0v) is 15.6. The Hall–Kier alpha value is -3.28. The monoisotopic (exact) mass is 361 g/mol. The SMILES string of the molecule is CCN(c1ccccc1)c1ncc(C(=O)N(C)CCc2ccncc2)cn1. The highest BCUT2D eigenvalue weighted by molar-refractivity contribution is 5.93. The van der Waals surface area contributed by atoms with Gasteiger partial charge in [-0.1, -0.05) is 18.2 Å². The van der Waals surface area contributed by atoms with Gasteiger partial charge >= 0.3 is 0 Å². The summed E-state index contributed by atoms with van der Waals surface area (Å²) >= 11 is 0. The van der Waals surface area contributed by atoms with Crippen molar-refractivity contribution in [2.45, 2.75) is 13.3 Å². The lowest BCUT2D eigenvalue weighted by atomic mass is 10.2. The van der Waals surface area contributed by atoms with E-state index in [0.29, 0.717) is 18.1 Å². The van der Waals surface area contributed by atoms with Crippen molar-refractivity contribution in [2.75, 3.05) is 25.0 Å². The summed E-state index contributed by atoms with van der Waals surface area (Å²) < 4.78 is 0. The van der Waals surface area contributed by atoms with Gasteiger partial charge in [-0.15, -0.1) is 0 Å². The summed E-state index contributed by atoms with van der Waals surface area (Å²) in [7, 11) is 1.79. The molecule has 138 valence electrons. The number of para-hydroxylation sites is 1. The minimum absolute atomic E-state index is 0.0848. The lowest BCUT2D eigenvalue weighted by Gasteiger charge is -2.21. The number of anilines is 2. The maximum atomic E-state index is 12.6. The molecule has 0 radical (unpaired) electrons. The molecule has 0 unspecified atom stereocenters. The Morgan fingerprint density at radius 3 is 2.30 bits per heavy atom. The van der Waals surface area contributed by atoms with Crippen molar-refractivity contribution in [3.63, 3.8) is 0 Å². The molecule has 1 aromatic carbocycles. The second-order valence-corrected chi connectivity index (χ2v) is 6.18. The van der Waals surface area contributed by atoms with Crippen LogP contribution < -0.4 is 4.90 Å². The Morgan fingerprint density at radius 1 is 1.00 bits per heavy atom. The molecule has 3 aromatic rings. The lowest BCUT2D eigenvalue weighted by Crippen LogP contribution is -2.29. The molecule has 6 nitrogen and oxygen atoms in total. The van der Waals surface area contributed by atoms with E-state index in [0.717, 1.165) is 24.2 Å². The van der Waals surface area contributed by atoms with E-state index in [1.807, 2.05) is 54.3 Å². The van der Waals surface area contributed by atoms with Gasteiger partial charge in [0.2, 0.25) is 5.95 Å². The van der Waals surface area contributed by atoms with Gasteiger partial charge in [0, 0.05) is 50.6 Å². The van der Waals surface area contributed by atoms with Gasteiger partial charge in [-0.3, -0.25) is 9.78 Å². The number of carbonyl (C=O) groups is 1. The summed E-state index contributed by atoms with van der Waals surface area (Å²) in [5.41, 5.74) is 2.66. The van der Waals surface area contributed by atoms with Gasteiger partial charge in [-0.2, -0.15) is 0 Å². The maximum absolute atomic E-state index is 12.6. The zero-order valence-electron chi connectivity index (χ0n) is 15.6. The number of carbonyl (C=O) groups excluding carboxylic acids is 1. The highest BCUT2D eigenvalue weighted by Gasteiger charge is 2.15. The predicted octanol–water partition coefficient (Wildman–Crippen LogP) is 3.34. The van der Waals surface area contributed by atoms with E-state index in [9.17, 15) is 4.79 Å². The van der Waals surface area contributed by atoms with E-state index >= 15 is 0 Å². The molecule has 0 fully saturated rings. The first-order valence-corrected chi connectivity index (χ1v) is 8.98. The quantitative estimate of drug-likeness (QED) is 0.646. The molecule has 27 heavy (non-hydrogen) atoms. The fourth-order valence-electron chi connectivity index (χ4n) is 2.79. The summed E-state index contributed by atoms with van der Waals surface area (Å²) in [6.45, 7) is 3.40. The Kier molecular flexibility index (Phi) is 6.10. The molecule has 0 aliphatic rings. The van der Waals surface area contributed by atoms with Crippen molar-refractivity contribution in [2.24, 2.45) is 0 Å². The van der Waals surface area contributed by atoms with E-state index in [1.165, 1.54) is 0 Å². The Morgan fingerprint density at radius 2 is 1.67 bits per heavy atom. The molecule has 0 bridgehead atoms. The van der Waals surface area contributed by atoms with Gasteiger partial charge in [-0.25, -0.2) is 9.97 Å². The highest BCUT2D eigenvalue weighted by atomic mass is 16.2. The van der Waals surface area contributed by atoms with Crippen molar-refractivity contribution in [3.8, 4) is 0 Å². The molecule has 1 amide bonds. The number of benzene rings is 1. The second kappa shape index (κ2) is 8.89. The largest absolute Gasteiger partial charge is 0.341 e. The zero-order chi connectivity index (χ0) is 19.1. The van der Waals surface area contributed by atoms with E-state index in [-0.39, 0.29) is 5.91 Å². The number of amides is 1. The Bertz CT molecular complexity index is 853. The smallest absolute Gasteiger partial charge is 0.256 e. The molecule has 2 aromatic heterocycles. The number of hydrogen-bond donors (Lipinski definition) is 0. The van der Waals surface area contributed by atoms with Crippen molar-refractivity contribution in [3.05, 3.63) is 78.4 Å². The first-order valence-electron chi connectivity index (χ1n) is 8.98. The normalized spacial score (nSPS) is 10.4. The molecule has 2 heterocycles. The number of likely N-dealkylation sites (N-methyl/N-ethyl adjacent to an activating group) is 1. The Balaban J connectivity index is 1.66. The maximum Gasteiger partial charge on any atom is 0.256 e. The van der Waals surface area contributed by atoms with Crippen LogP contribution in [0.3, 0.4) is 0 Å². The molecule has 0 saturated heterocycles. The van der Waals surface area contributed by atoms with Gasteiger partial charge in [0.1, 0.15) is 0 Å². The minimum Gasteiger partial charge on any atom is -0.341 e. The predicted molar refractivity (Wildman–Crippen MR) is 106 cm³/mol. The fraction of sp³-hybridized carbons (Fsp3) is 0.238. The molecule has 0 aliphatic carbocycles. The standard InChI is InChI=1S/C21H23N5O/c1-3-26(19-7-5-4-6-8-19)21-23-15-18(16-24-21)20(27)25(2)14-11-17-9-12-22-13-10-17/h4-10,12-13,15-16H,3,11,14H2,1-2H3. The third-order valence-corrected chi connectivity index (χ3v) is 4.34. The average Bonchev–Trinajstić information content (AvgIpc) is 2.74. The van der Waals surface area contributed by atoms with Crippen LogP contribution in [0.25, 0.3) is 0 Å². The molecule has 3 rings (SSSR count). The van der Waals surface area contributed by atoms with Gasteiger partial charge in [-0.05, 0) is 43.2 Å². The average molecular weight is 361 g/mol. The molecule has 0 aliphatic heterocycles. The van der Waals surface area contributed by atoms with Crippen molar-refractivity contribution >= 4 is 17.5 Å². The van der Waals surface area contributed by atoms with Crippen LogP contribution in [0.5, 0.6) is 0 Å². The number of hydrogen-bond acceptors (Lipinski definition) is 5. The van der Waals surface area contributed by atoms with Gasteiger partial charge in [0.25, 0.3) is 5.91 Å². The number of rotatable bonds is 7. The molecular weight excluding hydrogens is 338 g/mol. The summed E-state index contributed by atoms with van der Waals surface area (Å²) in [5.74, 6) is 0.498. The molecule has 0 N–H and O–H groups in total. The van der Waals surface area contributed by atoms with Crippen LogP contribution in [0.15, 0.2) is 67.3 Å². The fourth-order valence-corrected chi connectivity index (χ4v) is 2.79. The van der Waals surface area contributed by atoms with Gasteiger partial charge in [0.15, 0.2) is 0 Å². The van der Waals surface area contributed by atoms with E-state index in [1.54, 1.807) is 36.7 Å². The summed E-state index contributed by atoms with van der Waals surface area (Å²) in [5, 5.41) is 0. The van der Waals surface area contributed by atoms with Crippen LogP contribution >= 0.6 is 0 Å². The van der Waals surface area contributed by atoms with Crippen LogP contribution in [0.1, 0.15) is 22.8 Å². The van der Waals surface area contributed by atoms with Crippen LogP contribution in [0.2, 0.25) is 0 Å². The lowest BCUT2D eigenvalue weighted by molar-refractivity contribution is 0.0796. The topological polar surface area (TPSA) is 62.2 Å². The second-order valence-electron chi connectivity index (χ2n) is 6.18. The van der Waals surface area contributed by atoms with Gasteiger partial charge < -0.3 is 9.80 Å². The summed E-state index contributed by atoms with van der Waals surface area (Å²) in [6.07, 6.45) is 7.49. The van der Waals surface area contributed by atoms with Crippen LogP contribution in [-0.2, 0) is 6.42 Å². The molecule has 0 spiro atoms. The molecular formula is C21H23N5O. The van der Waals surface area contributed by atoms with E-state index in [2.05, 4.69) is 15.0 Å². The van der Waals surface area contributed by atoms with Crippen LogP contribution in [0.4, 0.5) is 11.6 Å². The first-order chi connectivity index (χ1) is 13.2. The minimum atomic E-state index is -0.0848. The number of nitrogens with zero attached hydrogens (tertiary/aromatic N) is 5. The molecule has 6 heteroatoms. The third-order valence-electron chi connectivity index (χ3n) is 4.34. The van der Waals surface area contributed by atoms with E-state index < -0.39 is 0 Å². The van der Waals surface area contributed by atoms with Crippen LogP contribution in [-0.4, -0.2) is 45.9 Å².